The predicted molar refractivity (Wildman–Crippen MR) is 126 cm³/mol. The Morgan fingerprint density at radius 2 is 1.80 bits per heavy atom. The Morgan fingerprint density at radius 3 is 2.43 bits per heavy atom. The van der Waals surface area contributed by atoms with Crippen molar-refractivity contribution < 1.29 is 4.74 Å². The zero-order chi connectivity index (χ0) is 21.8. The number of rotatable bonds is 10. The van der Waals surface area contributed by atoms with Gasteiger partial charge in [-0.25, -0.2) is 14.5 Å². The van der Waals surface area contributed by atoms with Gasteiger partial charge in [-0.3, -0.25) is 0 Å². The molecule has 3 heterocycles. The van der Waals surface area contributed by atoms with Crippen molar-refractivity contribution in [3.8, 4) is 10.6 Å². The van der Waals surface area contributed by atoms with E-state index in [0.717, 1.165) is 70.7 Å². The number of hydrogen-bond donors (Lipinski definition) is 1. The third kappa shape index (κ3) is 4.52. The van der Waals surface area contributed by atoms with E-state index in [0.29, 0.717) is 12.0 Å². The molecule has 164 valence electrons. The van der Waals surface area contributed by atoms with Crippen molar-refractivity contribution in [1.29, 1.82) is 0 Å². The zero-order valence-corrected chi connectivity index (χ0v) is 20.2. The molecule has 0 aromatic carbocycles. The summed E-state index contributed by atoms with van der Waals surface area (Å²) in [6.45, 7) is 13.6. The molecule has 0 aliphatic heterocycles. The molecular formula is C23H35N5OS. The number of anilines is 1. The fourth-order valence-electron chi connectivity index (χ4n) is 4.06. The number of aryl methyl sites for hydroxylation is 3. The Bertz CT molecular complexity index is 989. The highest BCUT2D eigenvalue weighted by Crippen LogP contribution is 2.37. The average Bonchev–Trinajstić information content (AvgIpc) is 3.24. The minimum absolute atomic E-state index is 0.355. The van der Waals surface area contributed by atoms with E-state index < -0.39 is 0 Å². The van der Waals surface area contributed by atoms with Crippen LogP contribution in [0.25, 0.3) is 16.2 Å². The molecule has 0 radical (unpaired) electrons. The van der Waals surface area contributed by atoms with Crippen molar-refractivity contribution >= 4 is 22.1 Å². The SMILES string of the molecule is CCC(CCOC)Nc1nc(C)c(-c2c(C)nc3c(C(CC)CC)cc(C)nn23)s1. The molecule has 6 nitrogen and oxygen atoms in total. The third-order valence-corrected chi connectivity index (χ3v) is 6.93. The topological polar surface area (TPSA) is 64.3 Å². The van der Waals surface area contributed by atoms with Gasteiger partial charge >= 0.3 is 0 Å². The van der Waals surface area contributed by atoms with E-state index in [1.54, 1.807) is 18.4 Å². The molecule has 0 amide bonds. The third-order valence-electron chi connectivity index (χ3n) is 5.84. The van der Waals surface area contributed by atoms with Crippen LogP contribution in [-0.4, -0.2) is 39.3 Å². The van der Waals surface area contributed by atoms with Crippen LogP contribution in [0.15, 0.2) is 6.07 Å². The van der Waals surface area contributed by atoms with E-state index >= 15 is 0 Å². The monoisotopic (exact) mass is 429 g/mol. The second-order valence-electron chi connectivity index (χ2n) is 8.00. The number of thiazole rings is 1. The fourth-order valence-corrected chi connectivity index (χ4v) is 5.18. The highest BCUT2D eigenvalue weighted by Gasteiger charge is 2.23. The number of fused-ring (bicyclic) bond motifs is 1. The summed E-state index contributed by atoms with van der Waals surface area (Å²) in [7, 11) is 1.75. The van der Waals surface area contributed by atoms with Crippen LogP contribution >= 0.6 is 11.3 Å². The number of nitrogens with one attached hydrogen (secondary N) is 1. The van der Waals surface area contributed by atoms with Crippen LogP contribution < -0.4 is 5.32 Å². The Morgan fingerprint density at radius 1 is 1.07 bits per heavy atom. The molecule has 3 aromatic rings. The number of hydrogen-bond acceptors (Lipinski definition) is 6. The minimum Gasteiger partial charge on any atom is -0.385 e. The molecule has 0 saturated heterocycles. The Labute approximate surface area is 184 Å². The molecule has 7 heteroatoms. The van der Waals surface area contributed by atoms with Crippen LogP contribution in [0.5, 0.6) is 0 Å². The molecular weight excluding hydrogens is 394 g/mol. The summed E-state index contributed by atoms with van der Waals surface area (Å²) < 4.78 is 7.29. The van der Waals surface area contributed by atoms with E-state index in [4.69, 9.17) is 19.8 Å². The van der Waals surface area contributed by atoms with Gasteiger partial charge < -0.3 is 10.1 Å². The van der Waals surface area contributed by atoms with Crippen LogP contribution in [0.4, 0.5) is 5.13 Å². The van der Waals surface area contributed by atoms with Crippen LogP contribution in [0.1, 0.15) is 75.0 Å². The van der Waals surface area contributed by atoms with Gasteiger partial charge in [-0.05, 0) is 58.4 Å². The van der Waals surface area contributed by atoms with E-state index in [1.807, 2.05) is 4.52 Å². The highest BCUT2D eigenvalue weighted by molar-refractivity contribution is 7.19. The lowest BCUT2D eigenvalue weighted by molar-refractivity contribution is 0.189. The van der Waals surface area contributed by atoms with Crippen molar-refractivity contribution in [2.75, 3.05) is 19.0 Å². The predicted octanol–water partition coefficient (Wildman–Crippen LogP) is 5.91. The first-order chi connectivity index (χ1) is 14.4. The van der Waals surface area contributed by atoms with Gasteiger partial charge in [0.1, 0.15) is 5.69 Å². The van der Waals surface area contributed by atoms with Gasteiger partial charge in [0.2, 0.25) is 0 Å². The Kier molecular flexibility index (Phi) is 7.47. The van der Waals surface area contributed by atoms with Crippen LogP contribution in [0.2, 0.25) is 0 Å². The van der Waals surface area contributed by atoms with Crippen LogP contribution in [0.3, 0.4) is 0 Å². The van der Waals surface area contributed by atoms with Crippen LogP contribution in [-0.2, 0) is 4.74 Å². The maximum absolute atomic E-state index is 5.25. The molecule has 0 spiro atoms. The fraction of sp³-hybridized carbons (Fsp3) is 0.609. The summed E-state index contributed by atoms with van der Waals surface area (Å²) in [5.74, 6) is 0.495. The average molecular weight is 430 g/mol. The van der Waals surface area contributed by atoms with Crippen molar-refractivity contribution in [3.05, 3.63) is 28.7 Å². The number of aromatic nitrogens is 4. The molecule has 0 aliphatic carbocycles. The van der Waals surface area contributed by atoms with Crippen molar-refractivity contribution in [2.45, 2.75) is 79.2 Å². The van der Waals surface area contributed by atoms with Gasteiger partial charge in [0, 0.05) is 25.3 Å². The molecule has 1 atom stereocenters. The molecule has 0 aliphatic rings. The van der Waals surface area contributed by atoms with Crippen LogP contribution in [0, 0.1) is 20.8 Å². The van der Waals surface area contributed by atoms with Gasteiger partial charge in [0.25, 0.3) is 0 Å². The second kappa shape index (κ2) is 9.88. The molecule has 30 heavy (non-hydrogen) atoms. The first-order valence-electron chi connectivity index (χ1n) is 11.0. The largest absolute Gasteiger partial charge is 0.385 e. The molecule has 3 aromatic heterocycles. The minimum atomic E-state index is 0.355. The van der Waals surface area contributed by atoms with E-state index in [-0.39, 0.29) is 0 Å². The summed E-state index contributed by atoms with van der Waals surface area (Å²) in [6, 6.07) is 2.56. The quantitative estimate of drug-likeness (QED) is 0.434. The number of nitrogens with zero attached hydrogens (tertiary/aromatic N) is 4. The lowest BCUT2D eigenvalue weighted by Gasteiger charge is -2.15. The zero-order valence-electron chi connectivity index (χ0n) is 19.4. The van der Waals surface area contributed by atoms with E-state index in [9.17, 15) is 0 Å². The molecule has 0 bridgehead atoms. The summed E-state index contributed by atoms with van der Waals surface area (Å²) in [6.07, 6.45) is 4.20. The van der Waals surface area contributed by atoms with Gasteiger partial charge in [-0.2, -0.15) is 5.10 Å². The van der Waals surface area contributed by atoms with Gasteiger partial charge in [0.05, 0.1) is 22.0 Å². The normalized spacial score (nSPS) is 12.8. The number of imidazole rings is 1. The molecule has 1 N–H and O–H groups in total. The Balaban J connectivity index is 2.05. The van der Waals surface area contributed by atoms with Gasteiger partial charge in [-0.15, -0.1) is 0 Å². The first kappa shape index (κ1) is 22.7. The highest BCUT2D eigenvalue weighted by atomic mass is 32.1. The summed E-state index contributed by atoms with van der Waals surface area (Å²) in [5.41, 5.74) is 6.39. The first-order valence-corrected chi connectivity index (χ1v) is 11.8. The van der Waals surface area contributed by atoms with Crippen molar-refractivity contribution in [3.63, 3.8) is 0 Å². The molecule has 0 fully saturated rings. The summed E-state index contributed by atoms with van der Waals surface area (Å²) in [4.78, 5) is 10.9. The smallest absolute Gasteiger partial charge is 0.183 e. The number of ether oxygens (including phenoxy) is 1. The summed E-state index contributed by atoms with van der Waals surface area (Å²) in [5, 5.41) is 9.39. The maximum Gasteiger partial charge on any atom is 0.183 e. The van der Waals surface area contributed by atoms with E-state index in [1.165, 1.54) is 5.56 Å². The van der Waals surface area contributed by atoms with Crippen molar-refractivity contribution in [1.82, 2.24) is 19.6 Å². The lowest BCUT2D eigenvalue weighted by atomic mass is 9.95. The lowest BCUT2D eigenvalue weighted by Crippen LogP contribution is -2.20. The number of methoxy groups -OCH3 is 1. The molecule has 3 rings (SSSR count). The molecule has 1 unspecified atom stereocenters. The second-order valence-corrected chi connectivity index (χ2v) is 9.00. The van der Waals surface area contributed by atoms with E-state index in [2.05, 4.69) is 52.9 Å². The van der Waals surface area contributed by atoms with Gasteiger partial charge in [0.15, 0.2) is 10.8 Å². The van der Waals surface area contributed by atoms with Gasteiger partial charge in [-0.1, -0.05) is 32.1 Å². The van der Waals surface area contributed by atoms with Crippen molar-refractivity contribution in [2.24, 2.45) is 0 Å². The Hall–Kier alpha value is -1.99. The standard InChI is InChI=1S/C23H35N5OS/c1-8-17(9-2)19-13-14(4)27-28-20(15(5)24-22(19)28)21-16(6)25-23(30-21)26-18(10-3)11-12-29-7/h13,17-18H,8-12H2,1-7H3,(H,25,26). The maximum atomic E-state index is 5.25. The summed E-state index contributed by atoms with van der Waals surface area (Å²) >= 11 is 1.69. The molecule has 0 saturated carbocycles.